The number of hydrogen-bond acceptors (Lipinski definition) is 4. The maximum Gasteiger partial charge on any atom is 0.251 e. The van der Waals surface area contributed by atoms with Gasteiger partial charge in [0.15, 0.2) is 0 Å². The molecule has 6 rings (SSSR count). The lowest BCUT2D eigenvalue weighted by atomic mass is 9.97. The van der Waals surface area contributed by atoms with Gasteiger partial charge in [-0.1, -0.05) is 61.5 Å². The third-order valence-corrected chi connectivity index (χ3v) is 7.86. The zero-order chi connectivity index (χ0) is 26.8. The normalized spacial score (nSPS) is 13.8. The first kappa shape index (κ1) is 25.4. The Hall–Kier alpha value is -3.90. The van der Waals surface area contributed by atoms with E-state index in [0.717, 1.165) is 83.1 Å². The second-order valence-corrected chi connectivity index (χ2v) is 10.2. The van der Waals surface area contributed by atoms with Gasteiger partial charge in [0.25, 0.3) is 6.29 Å². The van der Waals surface area contributed by atoms with E-state index in [0.29, 0.717) is 25.5 Å². The first-order valence-electron chi connectivity index (χ1n) is 14.0. The highest BCUT2D eigenvalue weighted by atomic mass is 16.5. The van der Waals surface area contributed by atoms with E-state index >= 15 is 0 Å². The molecule has 6 nitrogen and oxygen atoms in total. The molecule has 0 atom stereocenters. The minimum Gasteiger partial charge on any atom is -0.493 e. The van der Waals surface area contributed by atoms with Crippen molar-refractivity contribution < 1.29 is 14.3 Å². The van der Waals surface area contributed by atoms with Gasteiger partial charge in [0.2, 0.25) is 0 Å². The maximum absolute atomic E-state index is 12.5. The van der Waals surface area contributed by atoms with Gasteiger partial charge in [-0.2, -0.15) is 5.10 Å². The zero-order valence-electron chi connectivity index (χ0n) is 22.7. The molecule has 0 N–H and O–H groups in total. The Bertz CT molecular complexity index is 1640. The maximum atomic E-state index is 12.5. The van der Waals surface area contributed by atoms with Gasteiger partial charge < -0.3 is 14.0 Å². The molecule has 2 aromatic heterocycles. The van der Waals surface area contributed by atoms with E-state index < -0.39 is 0 Å². The molecule has 0 spiro atoms. The van der Waals surface area contributed by atoms with Crippen molar-refractivity contribution >= 4 is 28.0 Å². The fourth-order valence-corrected chi connectivity index (χ4v) is 6.11. The fourth-order valence-electron chi connectivity index (χ4n) is 6.11. The Kier molecular flexibility index (Phi) is 7.20. The largest absolute Gasteiger partial charge is 0.493 e. The van der Waals surface area contributed by atoms with Crippen LogP contribution in [0.3, 0.4) is 0 Å². The average molecular weight is 521 g/mol. The number of rotatable bonds is 7. The van der Waals surface area contributed by atoms with E-state index in [9.17, 15) is 4.79 Å². The van der Waals surface area contributed by atoms with Crippen LogP contribution in [0, 0.1) is 0 Å². The van der Waals surface area contributed by atoms with Crippen molar-refractivity contribution in [1.82, 2.24) is 14.3 Å². The third-order valence-electron chi connectivity index (χ3n) is 7.86. The Morgan fingerprint density at radius 3 is 2.72 bits per heavy atom. The van der Waals surface area contributed by atoms with E-state index in [4.69, 9.17) is 14.6 Å². The molecule has 5 aromatic rings. The fraction of sp³-hybridized carbons (Fsp3) is 0.333. The number of benzene rings is 3. The minimum absolute atomic E-state index is 0.491. The minimum atomic E-state index is 0.491. The molecule has 0 saturated heterocycles. The lowest BCUT2D eigenvalue weighted by Crippen LogP contribution is -2.07. The van der Waals surface area contributed by atoms with Crippen LogP contribution < -0.4 is 4.74 Å². The van der Waals surface area contributed by atoms with Crippen LogP contribution in [0.15, 0.2) is 60.7 Å². The van der Waals surface area contributed by atoms with Crippen LogP contribution in [0.1, 0.15) is 48.8 Å². The van der Waals surface area contributed by atoms with Gasteiger partial charge in [0, 0.05) is 47.8 Å². The summed E-state index contributed by atoms with van der Waals surface area (Å²) in [5.41, 5.74) is 7.20. The summed E-state index contributed by atoms with van der Waals surface area (Å²) in [5, 5.41) is 8.24. The van der Waals surface area contributed by atoms with E-state index in [-0.39, 0.29) is 0 Å². The Labute approximate surface area is 229 Å². The predicted octanol–water partition coefficient (Wildman–Crippen LogP) is 6.54. The second-order valence-electron chi connectivity index (χ2n) is 10.2. The number of nitrogens with zero attached hydrogens (tertiary/aromatic N) is 3. The molecule has 6 heteroatoms. The molecule has 0 unspecified atom stereocenters. The Morgan fingerprint density at radius 1 is 1.03 bits per heavy atom. The van der Waals surface area contributed by atoms with Gasteiger partial charge in [0.1, 0.15) is 5.75 Å². The molecule has 0 amide bonds. The van der Waals surface area contributed by atoms with Crippen LogP contribution in [-0.4, -0.2) is 33.8 Å². The zero-order valence-corrected chi connectivity index (χ0v) is 22.7. The van der Waals surface area contributed by atoms with Crippen LogP contribution in [0.2, 0.25) is 0 Å². The van der Waals surface area contributed by atoms with E-state index in [2.05, 4.69) is 54.2 Å². The van der Waals surface area contributed by atoms with Gasteiger partial charge in [-0.15, -0.1) is 0 Å². The number of aryl methyl sites for hydroxylation is 3. The number of ether oxygens (including phenoxy) is 2. The highest BCUT2D eigenvalue weighted by molar-refractivity contribution is 6.02. The Morgan fingerprint density at radius 2 is 1.85 bits per heavy atom. The molecule has 0 aliphatic carbocycles. The molecular formula is C33H34N3O3. The molecule has 1 aliphatic heterocycles. The van der Waals surface area contributed by atoms with Gasteiger partial charge in [0.05, 0.1) is 30.1 Å². The van der Waals surface area contributed by atoms with Crippen LogP contribution in [-0.2, 0) is 42.6 Å². The molecule has 1 radical (unpaired) electrons. The van der Waals surface area contributed by atoms with Gasteiger partial charge >= 0.3 is 0 Å². The van der Waals surface area contributed by atoms with Gasteiger partial charge in [-0.25, -0.2) is 0 Å². The van der Waals surface area contributed by atoms with Crippen LogP contribution in [0.25, 0.3) is 32.8 Å². The summed E-state index contributed by atoms with van der Waals surface area (Å²) in [6.07, 6.45) is 6.59. The highest BCUT2D eigenvalue weighted by Gasteiger charge is 2.25. The molecular weight excluding hydrogens is 486 g/mol. The first-order chi connectivity index (χ1) is 19.2. The quantitative estimate of drug-likeness (QED) is 0.229. The van der Waals surface area contributed by atoms with Crippen LogP contribution in [0.5, 0.6) is 5.75 Å². The summed E-state index contributed by atoms with van der Waals surface area (Å²) >= 11 is 0. The van der Waals surface area contributed by atoms with Crippen molar-refractivity contribution in [3.8, 4) is 16.9 Å². The molecule has 0 saturated carbocycles. The predicted molar refractivity (Wildman–Crippen MR) is 155 cm³/mol. The molecule has 0 fully saturated rings. The van der Waals surface area contributed by atoms with Crippen molar-refractivity contribution in [2.45, 2.75) is 52.2 Å². The van der Waals surface area contributed by atoms with Crippen molar-refractivity contribution in [2.75, 3.05) is 13.2 Å². The lowest BCUT2D eigenvalue weighted by Gasteiger charge is -2.12. The summed E-state index contributed by atoms with van der Waals surface area (Å²) in [7, 11) is 2.00. The molecule has 3 heterocycles. The molecule has 1 aliphatic rings. The standard InChI is InChI=1S/C33H34N3O3/c1-3-29-32-27-15-9-14-26-25(16-10-20-39-31-17-8-12-23-11-4-5-13-24(23)31)30(21-37)36(33(26)27)18-6-7-19-38-22-28(32)34-35(29)2/h4-5,8-9,11-15,17H,3,6-7,10,16,18-20,22H2,1-2H3. The van der Waals surface area contributed by atoms with Crippen LogP contribution in [0.4, 0.5) is 0 Å². The van der Waals surface area contributed by atoms with Crippen molar-refractivity contribution in [3.05, 3.63) is 83.3 Å². The van der Waals surface area contributed by atoms with E-state index in [1.165, 1.54) is 11.1 Å². The Balaban J connectivity index is 1.38. The highest BCUT2D eigenvalue weighted by Crippen LogP contribution is 2.38. The van der Waals surface area contributed by atoms with Gasteiger partial charge in [-0.05, 0) is 49.1 Å². The number of aromatic nitrogens is 3. The number of fused-ring (bicyclic) bond motifs is 3. The van der Waals surface area contributed by atoms with Crippen molar-refractivity contribution in [2.24, 2.45) is 7.05 Å². The summed E-state index contributed by atoms with van der Waals surface area (Å²) in [4.78, 5) is 12.5. The van der Waals surface area contributed by atoms with E-state index in [1.807, 2.05) is 36.0 Å². The first-order valence-corrected chi connectivity index (χ1v) is 14.0. The lowest BCUT2D eigenvalue weighted by molar-refractivity contribution is 0.114. The average Bonchev–Trinajstić information content (AvgIpc) is 3.44. The summed E-state index contributed by atoms with van der Waals surface area (Å²) in [6, 6.07) is 20.8. The number of carbonyl (C=O) groups excluding carboxylic acids is 1. The smallest absolute Gasteiger partial charge is 0.251 e. The summed E-state index contributed by atoms with van der Waals surface area (Å²) < 4.78 is 16.4. The SMILES string of the molecule is CCc1c2c(nn1C)COCCCCn1c([C]=O)c(CCCOc3cccc4ccccc34)c3cccc-2c31. The number of hydrogen-bond donors (Lipinski definition) is 0. The molecule has 0 bridgehead atoms. The molecule has 39 heavy (non-hydrogen) atoms. The molecule has 199 valence electrons. The summed E-state index contributed by atoms with van der Waals surface area (Å²) in [6.45, 7) is 4.66. The second kappa shape index (κ2) is 11.1. The van der Waals surface area contributed by atoms with Crippen LogP contribution >= 0.6 is 0 Å². The van der Waals surface area contributed by atoms with Gasteiger partial charge in [-0.3, -0.25) is 9.48 Å². The topological polar surface area (TPSA) is 58.3 Å². The monoisotopic (exact) mass is 520 g/mol. The molecule has 3 aromatic carbocycles. The van der Waals surface area contributed by atoms with Crippen molar-refractivity contribution in [3.63, 3.8) is 0 Å². The summed E-state index contributed by atoms with van der Waals surface area (Å²) in [5.74, 6) is 0.896. The number of para-hydroxylation sites is 1. The third kappa shape index (κ3) is 4.63. The van der Waals surface area contributed by atoms with Crippen molar-refractivity contribution in [1.29, 1.82) is 0 Å². The van der Waals surface area contributed by atoms with E-state index in [1.54, 1.807) is 0 Å².